The van der Waals surface area contributed by atoms with E-state index in [2.05, 4.69) is 23.2 Å². The molecule has 90 valence electrons. The Morgan fingerprint density at radius 3 is 2.50 bits per heavy atom. The van der Waals surface area contributed by atoms with Gasteiger partial charge >= 0.3 is 0 Å². The summed E-state index contributed by atoms with van der Waals surface area (Å²) in [5, 5.41) is 2.29. The van der Waals surface area contributed by atoms with Gasteiger partial charge in [0.1, 0.15) is 11.5 Å². The minimum atomic E-state index is 0.490. The van der Waals surface area contributed by atoms with Gasteiger partial charge in [-0.3, -0.25) is 0 Å². The highest BCUT2D eigenvalue weighted by molar-refractivity contribution is 5.97. The highest BCUT2D eigenvalue weighted by atomic mass is 15.4. The maximum Gasteiger partial charge on any atom is 0.150 e. The molecule has 1 aromatic heterocycles. The fourth-order valence-electron chi connectivity index (χ4n) is 2.19. The first kappa shape index (κ1) is 10.7. The maximum atomic E-state index is 6.00. The van der Waals surface area contributed by atoms with Gasteiger partial charge in [0.25, 0.3) is 0 Å². The zero-order valence-electron chi connectivity index (χ0n) is 10.1. The van der Waals surface area contributed by atoms with Crippen molar-refractivity contribution in [3.05, 3.63) is 48.3 Å². The molecule has 0 saturated heterocycles. The predicted molar refractivity (Wildman–Crippen MR) is 74.5 cm³/mol. The van der Waals surface area contributed by atoms with Crippen LogP contribution in [0.1, 0.15) is 5.82 Å². The summed E-state index contributed by atoms with van der Waals surface area (Å²) < 4.78 is 1.41. The van der Waals surface area contributed by atoms with Gasteiger partial charge in [0, 0.05) is 5.56 Å². The number of nitrogen functional groups attached to an aromatic ring is 2. The molecule has 3 aromatic rings. The first-order chi connectivity index (χ1) is 8.68. The zero-order chi connectivity index (χ0) is 12.7. The molecule has 4 heteroatoms. The van der Waals surface area contributed by atoms with Gasteiger partial charge in [-0.05, 0) is 17.7 Å². The summed E-state index contributed by atoms with van der Waals surface area (Å²) in [6.07, 6.45) is 0. The van der Waals surface area contributed by atoms with Crippen molar-refractivity contribution in [1.82, 2.24) is 9.66 Å². The van der Waals surface area contributed by atoms with E-state index >= 15 is 0 Å². The molecule has 0 atom stereocenters. The Labute approximate surface area is 105 Å². The van der Waals surface area contributed by atoms with E-state index in [4.69, 9.17) is 11.6 Å². The Kier molecular flexibility index (Phi) is 2.23. The molecule has 0 saturated carbocycles. The lowest BCUT2D eigenvalue weighted by atomic mass is 10.0. The molecular formula is C14H14N4. The summed E-state index contributed by atoms with van der Waals surface area (Å²) in [4.78, 5) is 4.44. The van der Waals surface area contributed by atoms with Crippen molar-refractivity contribution >= 4 is 16.6 Å². The van der Waals surface area contributed by atoms with E-state index in [-0.39, 0.29) is 0 Å². The molecule has 0 spiro atoms. The van der Waals surface area contributed by atoms with Gasteiger partial charge in [0.2, 0.25) is 0 Å². The van der Waals surface area contributed by atoms with Crippen LogP contribution in [0, 0.1) is 6.92 Å². The molecule has 1 heterocycles. The largest absolute Gasteiger partial charge is 0.382 e. The SMILES string of the molecule is Cc1nc(-c2cccc3ccccc23)c(N)n1N. The van der Waals surface area contributed by atoms with Crippen molar-refractivity contribution in [2.45, 2.75) is 6.92 Å². The second-order valence-corrected chi connectivity index (χ2v) is 4.29. The Balaban J connectivity index is 2.35. The fourth-order valence-corrected chi connectivity index (χ4v) is 2.19. The number of benzene rings is 2. The number of rotatable bonds is 1. The van der Waals surface area contributed by atoms with Crippen LogP contribution in [0.4, 0.5) is 5.82 Å². The molecular weight excluding hydrogens is 224 g/mol. The van der Waals surface area contributed by atoms with E-state index in [9.17, 15) is 0 Å². The van der Waals surface area contributed by atoms with Crippen LogP contribution in [-0.4, -0.2) is 9.66 Å². The van der Waals surface area contributed by atoms with E-state index in [0.717, 1.165) is 16.6 Å². The number of anilines is 1. The van der Waals surface area contributed by atoms with E-state index in [1.54, 1.807) is 0 Å². The highest BCUT2D eigenvalue weighted by Crippen LogP contribution is 2.31. The van der Waals surface area contributed by atoms with Crippen molar-refractivity contribution in [2.24, 2.45) is 0 Å². The Hall–Kier alpha value is -2.49. The van der Waals surface area contributed by atoms with Crippen LogP contribution in [0.2, 0.25) is 0 Å². The number of hydrogen-bond donors (Lipinski definition) is 2. The average Bonchev–Trinajstić information content (AvgIpc) is 2.66. The number of aryl methyl sites for hydroxylation is 1. The summed E-state index contributed by atoms with van der Waals surface area (Å²) in [5.74, 6) is 7.01. The lowest BCUT2D eigenvalue weighted by Gasteiger charge is -2.05. The fraction of sp³-hybridized carbons (Fsp3) is 0.0714. The summed E-state index contributed by atoms with van der Waals surface area (Å²) >= 11 is 0. The van der Waals surface area contributed by atoms with Crippen LogP contribution in [-0.2, 0) is 0 Å². The molecule has 0 bridgehead atoms. The quantitative estimate of drug-likeness (QED) is 0.639. The van der Waals surface area contributed by atoms with Crippen LogP contribution >= 0.6 is 0 Å². The number of fused-ring (bicyclic) bond motifs is 1. The zero-order valence-corrected chi connectivity index (χ0v) is 10.1. The Morgan fingerprint density at radius 2 is 1.78 bits per heavy atom. The Morgan fingerprint density at radius 1 is 1.06 bits per heavy atom. The van der Waals surface area contributed by atoms with Crippen LogP contribution in [0.3, 0.4) is 0 Å². The third-order valence-corrected chi connectivity index (χ3v) is 3.17. The minimum absolute atomic E-state index is 0.490. The smallest absolute Gasteiger partial charge is 0.150 e. The Bertz CT molecular complexity index is 722. The molecule has 0 amide bonds. The normalized spacial score (nSPS) is 10.9. The van der Waals surface area contributed by atoms with Crippen molar-refractivity contribution < 1.29 is 0 Å². The second-order valence-electron chi connectivity index (χ2n) is 4.29. The van der Waals surface area contributed by atoms with Gasteiger partial charge in [-0.15, -0.1) is 0 Å². The van der Waals surface area contributed by atoms with Gasteiger partial charge in [-0.1, -0.05) is 42.5 Å². The first-order valence-electron chi connectivity index (χ1n) is 5.76. The topological polar surface area (TPSA) is 69.9 Å². The standard InChI is InChI=1S/C14H14N4/c1-9-17-13(14(15)18(9)16)12-8-4-6-10-5-2-3-7-11(10)12/h2-8H,15-16H2,1H3. The van der Waals surface area contributed by atoms with E-state index in [1.165, 1.54) is 10.1 Å². The summed E-state index contributed by atoms with van der Waals surface area (Å²) in [7, 11) is 0. The molecule has 0 aliphatic carbocycles. The van der Waals surface area contributed by atoms with E-state index < -0.39 is 0 Å². The van der Waals surface area contributed by atoms with E-state index in [0.29, 0.717) is 11.6 Å². The van der Waals surface area contributed by atoms with Crippen LogP contribution < -0.4 is 11.6 Å². The molecule has 0 aliphatic heterocycles. The average molecular weight is 238 g/mol. The molecule has 0 unspecified atom stereocenters. The minimum Gasteiger partial charge on any atom is -0.382 e. The second kappa shape index (κ2) is 3.77. The number of imidazole rings is 1. The molecule has 0 fully saturated rings. The lowest BCUT2D eigenvalue weighted by Crippen LogP contribution is -2.13. The van der Waals surface area contributed by atoms with E-state index in [1.807, 2.05) is 31.2 Å². The van der Waals surface area contributed by atoms with Gasteiger partial charge < -0.3 is 11.6 Å². The predicted octanol–water partition coefficient (Wildman–Crippen LogP) is 2.31. The molecule has 18 heavy (non-hydrogen) atoms. The molecule has 4 nitrogen and oxygen atoms in total. The monoisotopic (exact) mass is 238 g/mol. The van der Waals surface area contributed by atoms with Crippen molar-refractivity contribution in [1.29, 1.82) is 0 Å². The van der Waals surface area contributed by atoms with Gasteiger partial charge in [-0.2, -0.15) is 0 Å². The van der Waals surface area contributed by atoms with Crippen LogP contribution in [0.5, 0.6) is 0 Å². The number of nitrogens with two attached hydrogens (primary N) is 2. The number of hydrogen-bond acceptors (Lipinski definition) is 3. The molecule has 0 radical (unpaired) electrons. The third kappa shape index (κ3) is 1.43. The van der Waals surface area contributed by atoms with Crippen LogP contribution in [0.25, 0.3) is 22.0 Å². The third-order valence-electron chi connectivity index (χ3n) is 3.17. The molecule has 3 rings (SSSR count). The highest BCUT2D eigenvalue weighted by Gasteiger charge is 2.13. The first-order valence-corrected chi connectivity index (χ1v) is 5.76. The maximum absolute atomic E-state index is 6.00. The summed E-state index contributed by atoms with van der Waals surface area (Å²) in [6, 6.07) is 14.2. The van der Waals surface area contributed by atoms with Crippen molar-refractivity contribution in [3.8, 4) is 11.3 Å². The van der Waals surface area contributed by atoms with Crippen molar-refractivity contribution in [3.63, 3.8) is 0 Å². The van der Waals surface area contributed by atoms with Crippen molar-refractivity contribution in [2.75, 3.05) is 11.6 Å². The molecule has 0 aliphatic rings. The summed E-state index contributed by atoms with van der Waals surface area (Å²) in [6.45, 7) is 1.84. The molecule has 4 N–H and O–H groups in total. The van der Waals surface area contributed by atoms with Gasteiger partial charge in [-0.25, -0.2) is 9.66 Å². The van der Waals surface area contributed by atoms with Gasteiger partial charge in [0.15, 0.2) is 5.82 Å². The number of nitrogens with zero attached hydrogens (tertiary/aromatic N) is 2. The van der Waals surface area contributed by atoms with Crippen LogP contribution in [0.15, 0.2) is 42.5 Å². The lowest BCUT2D eigenvalue weighted by molar-refractivity contribution is 0.937. The molecule has 2 aromatic carbocycles. The summed E-state index contributed by atoms with van der Waals surface area (Å²) in [5.41, 5.74) is 7.76. The van der Waals surface area contributed by atoms with Gasteiger partial charge in [0.05, 0.1) is 0 Å². The number of aromatic nitrogens is 2.